The van der Waals surface area contributed by atoms with E-state index in [1.807, 2.05) is 54.4 Å². The van der Waals surface area contributed by atoms with Crippen molar-refractivity contribution in [3.05, 3.63) is 95.6 Å². The fraction of sp³-hybridized carbons (Fsp3) is 0.259. The molecule has 2 fully saturated rings. The van der Waals surface area contributed by atoms with E-state index in [1.54, 1.807) is 35.3 Å². The highest BCUT2D eigenvalue weighted by atomic mass is 32.2. The number of rotatable bonds is 3. The summed E-state index contributed by atoms with van der Waals surface area (Å²) >= 11 is 7.08. The molecule has 0 aliphatic carbocycles. The number of likely N-dealkylation sites (N-methyl/N-ethyl adjacent to an activating group) is 2. The average Bonchev–Trinajstić information content (AvgIpc) is 3.38. The highest BCUT2D eigenvalue weighted by Crippen LogP contribution is 2.66. The third kappa shape index (κ3) is 2.87. The van der Waals surface area contributed by atoms with E-state index in [4.69, 9.17) is 12.2 Å². The Kier molecular flexibility index (Phi) is 5.30. The number of fused-ring (bicyclic) bond motifs is 3. The smallest absolute Gasteiger partial charge is 0.254 e. The Bertz CT molecular complexity index is 1410. The summed E-state index contributed by atoms with van der Waals surface area (Å²) in [5, 5.41) is 0. The molecule has 6 rings (SSSR count). The number of hydrogen-bond acceptors (Lipinski definition) is 6. The Morgan fingerprint density at radius 1 is 1.06 bits per heavy atom. The largest absolute Gasteiger partial charge is 0.313 e. The zero-order valence-electron chi connectivity index (χ0n) is 19.7. The maximum absolute atomic E-state index is 14.7. The zero-order chi connectivity index (χ0) is 25.2. The quantitative estimate of drug-likeness (QED) is 0.490. The lowest BCUT2D eigenvalue weighted by Crippen LogP contribution is -2.62. The number of aromatic nitrogens is 1. The molecular formula is C27H23FN4O2S2. The molecule has 2 aromatic carbocycles. The molecule has 3 aromatic rings. The number of benzene rings is 2. The molecule has 0 saturated carbocycles. The van der Waals surface area contributed by atoms with E-state index in [0.29, 0.717) is 28.7 Å². The van der Waals surface area contributed by atoms with Crippen LogP contribution in [0.1, 0.15) is 22.6 Å². The van der Waals surface area contributed by atoms with Crippen LogP contribution < -0.4 is 4.90 Å². The summed E-state index contributed by atoms with van der Waals surface area (Å²) in [5.41, 5.74) is 1.50. The van der Waals surface area contributed by atoms with Gasteiger partial charge >= 0.3 is 0 Å². The minimum atomic E-state index is -1.43. The first-order valence-electron chi connectivity index (χ1n) is 11.6. The predicted molar refractivity (Wildman–Crippen MR) is 141 cm³/mol. The van der Waals surface area contributed by atoms with Crippen molar-refractivity contribution in [2.75, 3.05) is 25.5 Å². The van der Waals surface area contributed by atoms with E-state index >= 15 is 0 Å². The highest BCUT2D eigenvalue weighted by molar-refractivity contribution is 8.25. The van der Waals surface area contributed by atoms with Gasteiger partial charge in [-0.05, 0) is 48.5 Å². The number of anilines is 1. The van der Waals surface area contributed by atoms with Crippen LogP contribution >= 0.6 is 24.0 Å². The van der Waals surface area contributed by atoms with Crippen LogP contribution in [0.2, 0.25) is 0 Å². The first kappa shape index (κ1) is 23.3. The summed E-state index contributed by atoms with van der Waals surface area (Å²) in [4.78, 5) is 38.2. The molecule has 3 aliphatic rings. The van der Waals surface area contributed by atoms with Gasteiger partial charge in [0.15, 0.2) is 5.54 Å². The Morgan fingerprint density at radius 3 is 2.50 bits per heavy atom. The molecule has 182 valence electrons. The molecule has 6 nitrogen and oxygen atoms in total. The van der Waals surface area contributed by atoms with Gasteiger partial charge in [0.2, 0.25) is 5.91 Å². The Hall–Kier alpha value is -3.14. The van der Waals surface area contributed by atoms with Crippen LogP contribution in [0.15, 0.2) is 73.1 Å². The Balaban J connectivity index is 1.60. The molecule has 2 saturated heterocycles. The molecule has 2 amide bonds. The van der Waals surface area contributed by atoms with Crippen LogP contribution in [-0.2, 0) is 21.7 Å². The normalized spacial score (nSPS) is 27.6. The fourth-order valence-corrected chi connectivity index (χ4v) is 8.29. The van der Waals surface area contributed by atoms with E-state index in [1.165, 1.54) is 23.9 Å². The van der Waals surface area contributed by atoms with E-state index in [0.717, 1.165) is 11.1 Å². The summed E-state index contributed by atoms with van der Waals surface area (Å²) in [6.07, 6.45) is 3.38. The lowest BCUT2D eigenvalue weighted by atomic mass is 9.72. The standard InChI is InChI=1S/C27H23FN4O2S2/c1-30-16-21(18-10-12-29-13-11-18)27(24(34)32(25(35)36-27)15-17-6-4-3-5-7-17)26(30)20-14-19(28)8-9-22(20)31(2)23(26)33/h3-14,21H,15-16H2,1-2H3. The van der Waals surface area contributed by atoms with Gasteiger partial charge in [-0.2, -0.15) is 0 Å². The number of likely N-dealkylation sites (tertiary alicyclic amines) is 1. The van der Waals surface area contributed by atoms with Crippen LogP contribution in [0.25, 0.3) is 0 Å². The van der Waals surface area contributed by atoms with Crippen LogP contribution in [0.4, 0.5) is 10.1 Å². The maximum Gasteiger partial charge on any atom is 0.254 e. The van der Waals surface area contributed by atoms with Crippen molar-refractivity contribution in [1.82, 2.24) is 14.8 Å². The molecule has 4 heterocycles. The molecule has 36 heavy (non-hydrogen) atoms. The second-order valence-corrected chi connectivity index (χ2v) is 11.3. The van der Waals surface area contributed by atoms with Crippen LogP contribution in [0, 0.1) is 5.82 Å². The van der Waals surface area contributed by atoms with Crippen molar-refractivity contribution in [2.45, 2.75) is 22.7 Å². The van der Waals surface area contributed by atoms with Gasteiger partial charge in [0.1, 0.15) is 14.9 Å². The minimum absolute atomic E-state index is 0.230. The van der Waals surface area contributed by atoms with E-state index in [-0.39, 0.29) is 17.7 Å². The van der Waals surface area contributed by atoms with E-state index in [2.05, 4.69) is 4.98 Å². The van der Waals surface area contributed by atoms with Crippen molar-refractivity contribution in [2.24, 2.45) is 0 Å². The number of pyridine rings is 1. The van der Waals surface area contributed by atoms with Crippen molar-refractivity contribution >= 4 is 45.8 Å². The summed E-state index contributed by atoms with van der Waals surface area (Å²) < 4.78 is 13.8. The van der Waals surface area contributed by atoms with Gasteiger partial charge in [0, 0.05) is 43.2 Å². The van der Waals surface area contributed by atoms with Gasteiger partial charge in [0.25, 0.3) is 5.91 Å². The number of hydrogen-bond donors (Lipinski definition) is 0. The summed E-state index contributed by atoms with van der Waals surface area (Å²) in [7, 11) is 3.52. The van der Waals surface area contributed by atoms with Gasteiger partial charge in [-0.1, -0.05) is 54.3 Å². The molecule has 3 atom stereocenters. The molecule has 0 N–H and O–H groups in total. The zero-order valence-corrected chi connectivity index (χ0v) is 21.4. The van der Waals surface area contributed by atoms with Gasteiger partial charge in [-0.3, -0.25) is 24.4 Å². The summed E-state index contributed by atoms with van der Waals surface area (Å²) in [6.45, 7) is 0.718. The Labute approximate surface area is 218 Å². The molecule has 9 heteroatoms. The molecular weight excluding hydrogens is 495 g/mol. The topological polar surface area (TPSA) is 56.8 Å². The number of amides is 2. The third-order valence-electron chi connectivity index (χ3n) is 7.70. The molecule has 0 bridgehead atoms. The van der Waals surface area contributed by atoms with Crippen molar-refractivity contribution in [3.63, 3.8) is 0 Å². The molecule has 3 unspecified atom stereocenters. The fourth-order valence-electron chi connectivity index (χ4n) is 6.17. The molecule has 3 aliphatic heterocycles. The number of thioether (sulfide) groups is 1. The number of halogens is 1. The highest BCUT2D eigenvalue weighted by Gasteiger charge is 2.78. The monoisotopic (exact) mass is 518 g/mol. The number of carbonyl (C=O) groups is 2. The predicted octanol–water partition coefficient (Wildman–Crippen LogP) is 3.92. The maximum atomic E-state index is 14.7. The van der Waals surface area contributed by atoms with Crippen molar-refractivity contribution < 1.29 is 14.0 Å². The minimum Gasteiger partial charge on any atom is -0.313 e. The van der Waals surface area contributed by atoms with E-state index < -0.39 is 16.1 Å². The van der Waals surface area contributed by atoms with Gasteiger partial charge < -0.3 is 4.90 Å². The van der Waals surface area contributed by atoms with Crippen LogP contribution in [0.5, 0.6) is 0 Å². The molecule has 2 spiro atoms. The van der Waals surface area contributed by atoms with Crippen LogP contribution in [0.3, 0.4) is 0 Å². The first-order valence-corrected chi connectivity index (χ1v) is 12.8. The number of thiocarbonyl (C=S) groups is 1. The average molecular weight is 519 g/mol. The summed E-state index contributed by atoms with van der Waals surface area (Å²) in [6, 6.07) is 17.8. The second kappa shape index (κ2) is 8.19. The second-order valence-electron chi connectivity index (χ2n) is 9.43. The SMILES string of the molecule is CN1C(=O)C2(c3cc(F)ccc31)N(C)CC(c1ccncc1)C21SC(=S)N(Cc2ccccc2)C1=O. The molecule has 1 aromatic heterocycles. The van der Waals surface area contributed by atoms with Crippen molar-refractivity contribution in [1.29, 1.82) is 0 Å². The number of nitrogens with zero attached hydrogens (tertiary/aromatic N) is 4. The van der Waals surface area contributed by atoms with E-state index in [9.17, 15) is 14.0 Å². The lowest BCUT2D eigenvalue weighted by Gasteiger charge is -2.42. The number of carbonyl (C=O) groups excluding carboxylic acids is 2. The third-order valence-corrected chi connectivity index (χ3v) is 9.65. The van der Waals surface area contributed by atoms with Crippen LogP contribution in [-0.4, -0.2) is 56.3 Å². The molecule has 0 radical (unpaired) electrons. The van der Waals surface area contributed by atoms with Gasteiger partial charge in [0.05, 0.1) is 6.54 Å². The first-order chi connectivity index (χ1) is 17.3. The Morgan fingerprint density at radius 2 is 1.78 bits per heavy atom. The summed E-state index contributed by atoms with van der Waals surface area (Å²) in [5.74, 6) is -1.32. The van der Waals surface area contributed by atoms with Crippen molar-refractivity contribution in [3.8, 4) is 0 Å². The van der Waals surface area contributed by atoms with Gasteiger partial charge in [-0.25, -0.2) is 4.39 Å². The van der Waals surface area contributed by atoms with Gasteiger partial charge in [-0.15, -0.1) is 0 Å². The lowest BCUT2D eigenvalue weighted by molar-refractivity contribution is -0.139.